The molecule has 4 aliphatic rings. The molecule has 2 N–H and O–H groups in total. The Kier molecular flexibility index (Phi) is 3.23. The zero-order valence-corrected chi connectivity index (χ0v) is 14.8. The van der Waals surface area contributed by atoms with E-state index < -0.39 is 11.2 Å². The first-order valence-electron chi connectivity index (χ1n) is 9.37. The van der Waals surface area contributed by atoms with E-state index >= 15 is 0 Å². The quantitative estimate of drug-likeness (QED) is 0.672. The summed E-state index contributed by atoms with van der Waals surface area (Å²) in [5.41, 5.74) is -1.28. The van der Waals surface area contributed by atoms with Gasteiger partial charge in [-0.3, -0.25) is 4.79 Å². The normalized spacial score (nSPS) is 53.5. The number of fused-ring (bicyclic) bond motifs is 5. The highest BCUT2D eigenvalue weighted by Gasteiger charge is 2.68. The molecule has 130 valence electrons. The highest BCUT2D eigenvalue weighted by atomic mass is 16.3. The lowest BCUT2D eigenvalue weighted by atomic mass is 9.44. The van der Waals surface area contributed by atoms with Crippen LogP contribution in [0.15, 0.2) is 11.6 Å². The van der Waals surface area contributed by atoms with Crippen molar-refractivity contribution in [3.05, 3.63) is 11.6 Å². The number of terminal acetylenes is 1. The molecule has 3 nitrogen and oxygen atoms in total. The zero-order chi connectivity index (χ0) is 17.4. The molecule has 3 heteroatoms. The Bertz CT molecular complexity index is 673. The van der Waals surface area contributed by atoms with E-state index in [1.165, 1.54) is 0 Å². The first-order chi connectivity index (χ1) is 11.2. The number of rotatable bonds is 0. The van der Waals surface area contributed by atoms with Gasteiger partial charge in [-0.15, -0.1) is 6.42 Å². The minimum Gasteiger partial charge on any atom is -0.389 e. The standard InChI is InChI=1S/C21H28O3/c1-4-20(23)10-8-16-17-6-5-14-13-15(22)7-9-18(14,2)21(17,24)12-11-19(16,20)3/h1,13,16-17,23-24H,5-12H2,2-3H3/t16-,17-,18-,19-,20+,21?/m0/s1. The second kappa shape index (κ2) is 4.74. The summed E-state index contributed by atoms with van der Waals surface area (Å²) in [6.07, 6.45) is 13.5. The Morgan fingerprint density at radius 3 is 2.54 bits per heavy atom. The predicted octanol–water partition coefficient (Wildman–Crippen LogP) is 3.00. The fraction of sp³-hybridized carbons (Fsp3) is 0.762. The molecule has 1 unspecified atom stereocenters. The third-order valence-corrected chi connectivity index (χ3v) is 8.54. The van der Waals surface area contributed by atoms with Gasteiger partial charge < -0.3 is 10.2 Å². The summed E-state index contributed by atoms with van der Waals surface area (Å²) in [4.78, 5) is 11.9. The van der Waals surface area contributed by atoms with Crippen molar-refractivity contribution in [1.29, 1.82) is 0 Å². The number of carbonyl (C=O) groups is 1. The average molecular weight is 328 g/mol. The Hall–Kier alpha value is -1.11. The molecule has 0 aromatic rings. The van der Waals surface area contributed by atoms with Crippen LogP contribution in [-0.2, 0) is 4.79 Å². The maximum atomic E-state index is 11.9. The van der Waals surface area contributed by atoms with Crippen LogP contribution in [0.2, 0.25) is 0 Å². The van der Waals surface area contributed by atoms with Gasteiger partial charge in [0.2, 0.25) is 0 Å². The molecular weight excluding hydrogens is 300 g/mol. The maximum Gasteiger partial charge on any atom is 0.155 e. The minimum absolute atomic E-state index is 0.161. The SMILES string of the molecule is C#C[C@@]1(O)CC[C@H]2[C@@H]3CCC4=CC(=O)CC[C@]4(C)C3(O)CC[C@@]21C. The average Bonchev–Trinajstić information content (AvgIpc) is 2.82. The molecule has 0 saturated heterocycles. The van der Waals surface area contributed by atoms with Gasteiger partial charge in [0.05, 0.1) is 5.60 Å². The van der Waals surface area contributed by atoms with E-state index in [2.05, 4.69) is 19.8 Å². The van der Waals surface area contributed by atoms with Crippen LogP contribution in [0.25, 0.3) is 0 Å². The highest BCUT2D eigenvalue weighted by molar-refractivity contribution is 5.91. The molecule has 0 amide bonds. The second-order valence-electron chi connectivity index (χ2n) is 9.10. The predicted molar refractivity (Wildman–Crippen MR) is 92.0 cm³/mol. The molecule has 0 aromatic carbocycles. The minimum atomic E-state index is -1.04. The van der Waals surface area contributed by atoms with Gasteiger partial charge in [0.25, 0.3) is 0 Å². The molecule has 0 spiro atoms. The monoisotopic (exact) mass is 328 g/mol. The van der Waals surface area contributed by atoms with Crippen LogP contribution in [-0.4, -0.2) is 27.2 Å². The van der Waals surface area contributed by atoms with Gasteiger partial charge in [0.1, 0.15) is 5.60 Å². The van der Waals surface area contributed by atoms with Gasteiger partial charge in [0, 0.05) is 17.3 Å². The summed E-state index contributed by atoms with van der Waals surface area (Å²) in [6, 6.07) is 0. The Morgan fingerprint density at radius 1 is 1.08 bits per heavy atom. The van der Waals surface area contributed by atoms with Crippen LogP contribution in [0.1, 0.15) is 65.2 Å². The third-order valence-electron chi connectivity index (χ3n) is 8.54. The van der Waals surface area contributed by atoms with E-state index in [1.807, 2.05) is 0 Å². The van der Waals surface area contributed by atoms with Crippen LogP contribution in [0, 0.1) is 35.0 Å². The first kappa shape index (κ1) is 16.4. The molecule has 3 fully saturated rings. The van der Waals surface area contributed by atoms with Gasteiger partial charge in [-0.2, -0.15) is 0 Å². The van der Waals surface area contributed by atoms with Crippen molar-refractivity contribution in [2.45, 2.75) is 76.4 Å². The maximum absolute atomic E-state index is 11.9. The van der Waals surface area contributed by atoms with Crippen molar-refractivity contribution in [2.75, 3.05) is 0 Å². The summed E-state index contributed by atoms with van der Waals surface area (Å²) in [6.45, 7) is 4.28. The number of aliphatic hydroxyl groups is 2. The molecule has 0 heterocycles. The van der Waals surface area contributed by atoms with Crippen molar-refractivity contribution >= 4 is 5.78 Å². The number of hydrogen-bond donors (Lipinski definition) is 2. The molecule has 0 aliphatic heterocycles. The van der Waals surface area contributed by atoms with Crippen LogP contribution in [0.5, 0.6) is 0 Å². The van der Waals surface area contributed by atoms with Gasteiger partial charge in [-0.25, -0.2) is 0 Å². The van der Waals surface area contributed by atoms with E-state index in [1.54, 1.807) is 6.08 Å². The van der Waals surface area contributed by atoms with Gasteiger partial charge in [-0.05, 0) is 62.9 Å². The smallest absolute Gasteiger partial charge is 0.155 e. The zero-order valence-electron chi connectivity index (χ0n) is 14.8. The molecular formula is C21H28O3. The highest BCUT2D eigenvalue weighted by Crippen LogP contribution is 2.68. The Morgan fingerprint density at radius 2 is 1.83 bits per heavy atom. The van der Waals surface area contributed by atoms with Crippen molar-refractivity contribution in [2.24, 2.45) is 22.7 Å². The number of ketones is 1. The summed E-state index contributed by atoms with van der Waals surface area (Å²) in [7, 11) is 0. The van der Waals surface area contributed by atoms with Gasteiger partial charge in [-0.1, -0.05) is 25.3 Å². The Labute approximate surface area is 144 Å². The lowest BCUT2D eigenvalue weighted by molar-refractivity contribution is -0.202. The molecule has 4 aliphatic carbocycles. The fourth-order valence-electron chi connectivity index (χ4n) is 6.76. The van der Waals surface area contributed by atoms with Gasteiger partial charge in [0.15, 0.2) is 5.78 Å². The summed E-state index contributed by atoms with van der Waals surface area (Å²) < 4.78 is 0. The molecule has 4 rings (SSSR count). The lowest BCUT2D eigenvalue weighted by Crippen LogP contribution is -2.64. The van der Waals surface area contributed by atoms with Crippen molar-refractivity contribution in [3.63, 3.8) is 0 Å². The molecule has 3 saturated carbocycles. The van der Waals surface area contributed by atoms with Crippen LogP contribution in [0.4, 0.5) is 0 Å². The first-order valence-corrected chi connectivity index (χ1v) is 9.37. The van der Waals surface area contributed by atoms with Crippen molar-refractivity contribution in [3.8, 4) is 12.3 Å². The largest absolute Gasteiger partial charge is 0.389 e. The second-order valence-corrected chi connectivity index (χ2v) is 9.10. The van der Waals surface area contributed by atoms with Crippen LogP contribution < -0.4 is 0 Å². The molecule has 0 bridgehead atoms. The molecule has 24 heavy (non-hydrogen) atoms. The molecule has 6 atom stereocenters. The number of carbonyl (C=O) groups excluding carboxylic acids is 1. The topological polar surface area (TPSA) is 57.5 Å². The van der Waals surface area contributed by atoms with E-state index in [0.717, 1.165) is 37.7 Å². The fourth-order valence-corrected chi connectivity index (χ4v) is 6.76. The van der Waals surface area contributed by atoms with Crippen LogP contribution in [0.3, 0.4) is 0 Å². The van der Waals surface area contributed by atoms with Crippen molar-refractivity contribution < 1.29 is 15.0 Å². The third kappa shape index (κ3) is 1.69. The van der Waals surface area contributed by atoms with E-state index in [4.69, 9.17) is 6.42 Å². The number of hydrogen-bond acceptors (Lipinski definition) is 3. The molecule has 0 aromatic heterocycles. The van der Waals surface area contributed by atoms with Crippen LogP contribution >= 0.6 is 0 Å². The van der Waals surface area contributed by atoms with Crippen molar-refractivity contribution in [1.82, 2.24) is 0 Å². The van der Waals surface area contributed by atoms with Gasteiger partial charge >= 0.3 is 0 Å². The summed E-state index contributed by atoms with van der Waals surface area (Å²) >= 11 is 0. The van der Waals surface area contributed by atoms with E-state index in [-0.39, 0.29) is 28.4 Å². The van der Waals surface area contributed by atoms with E-state index in [9.17, 15) is 15.0 Å². The lowest BCUT2D eigenvalue weighted by Gasteiger charge is -2.63. The summed E-state index contributed by atoms with van der Waals surface area (Å²) in [5.74, 6) is 3.30. The molecule has 0 radical (unpaired) electrons. The Balaban J connectivity index is 1.77. The summed E-state index contributed by atoms with van der Waals surface area (Å²) in [5, 5.41) is 22.8. The van der Waals surface area contributed by atoms with E-state index in [0.29, 0.717) is 19.3 Å².